The topological polar surface area (TPSA) is 84.5 Å². The van der Waals surface area contributed by atoms with Gasteiger partial charge in [-0.3, -0.25) is 14.4 Å². The van der Waals surface area contributed by atoms with Crippen molar-refractivity contribution < 1.29 is 19.1 Å². The first-order valence-electron chi connectivity index (χ1n) is 9.84. The third kappa shape index (κ3) is 8.24. The van der Waals surface area contributed by atoms with Crippen LogP contribution in [0.25, 0.3) is 0 Å². The molecule has 0 bridgehead atoms. The summed E-state index contributed by atoms with van der Waals surface area (Å²) >= 11 is 0. The second kappa shape index (κ2) is 11.4. The predicted octanol–water partition coefficient (Wildman–Crippen LogP) is 3.03. The molecule has 1 aromatic carbocycles. The lowest BCUT2D eigenvalue weighted by Crippen LogP contribution is -2.36. The lowest BCUT2D eigenvalue weighted by molar-refractivity contribution is -0.148. The van der Waals surface area contributed by atoms with Crippen LogP contribution in [-0.4, -0.2) is 30.4 Å². The van der Waals surface area contributed by atoms with Crippen molar-refractivity contribution in [1.29, 1.82) is 0 Å². The van der Waals surface area contributed by atoms with E-state index in [1.165, 1.54) is 19.3 Å². The largest absolute Gasteiger partial charge is 0.456 e. The molecule has 2 rings (SSSR count). The summed E-state index contributed by atoms with van der Waals surface area (Å²) in [6.07, 6.45) is 6.55. The van der Waals surface area contributed by atoms with Gasteiger partial charge in [-0.2, -0.15) is 0 Å². The second-order valence-electron chi connectivity index (χ2n) is 7.12. The Kier molecular flexibility index (Phi) is 8.81. The molecule has 0 radical (unpaired) electrons. The molecule has 0 aromatic heterocycles. The summed E-state index contributed by atoms with van der Waals surface area (Å²) in [5, 5.41) is 5.82. The lowest BCUT2D eigenvalue weighted by Gasteiger charge is -2.22. The Hall–Kier alpha value is -2.37. The highest BCUT2D eigenvalue weighted by Crippen LogP contribution is 2.17. The van der Waals surface area contributed by atoms with Crippen molar-refractivity contribution in [2.24, 2.45) is 0 Å². The lowest BCUT2D eigenvalue weighted by atomic mass is 9.95. The Morgan fingerprint density at radius 2 is 1.74 bits per heavy atom. The molecule has 1 aliphatic rings. The van der Waals surface area contributed by atoms with E-state index in [9.17, 15) is 14.4 Å². The standard InChI is InChI=1S/C21H30N2O4/c1-16(17-9-4-2-5-10-17)22-20(25)15-27-21(26)14-8-13-19(24)23-18-11-6-3-7-12-18/h2,4-5,9-10,16,18H,3,6-8,11-15H2,1H3,(H,22,25)(H,23,24)/t16-/m0/s1. The minimum Gasteiger partial charge on any atom is -0.456 e. The molecule has 0 heterocycles. The number of ether oxygens (including phenoxy) is 1. The van der Waals surface area contributed by atoms with Crippen molar-refractivity contribution in [3.63, 3.8) is 0 Å². The number of amides is 2. The van der Waals surface area contributed by atoms with Gasteiger partial charge in [0, 0.05) is 18.9 Å². The number of carbonyl (C=O) groups excluding carboxylic acids is 3. The van der Waals surface area contributed by atoms with E-state index in [0.717, 1.165) is 18.4 Å². The summed E-state index contributed by atoms with van der Waals surface area (Å²) in [5.74, 6) is -0.804. The molecule has 1 fully saturated rings. The summed E-state index contributed by atoms with van der Waals surface area (Å²) in [6, 6.07) is 9.71. The monoisotopic (exact) mass is 374 g/mol. The molecule has 0 unspecified atom stereocenters. The third-order valence-corrected chi connectivity index (χ3v) is 4.80. The van der Waals surface area contributed by atoms with Gasteiger partial charge in [-0.25, -0.2) is 0 Å². The maximum atomic E-state index is 11.9. The molecule has 1 aliphatic carbocycles. The molecule has 0 aliphatic heterocycles. The number of hydrogen-bond acceptors (Lipinski definition) is 4. The van der Waals surface area contributed by atoms with Crippen molar-refractivity contribution in [3.8, 4) is 0 Å². The fourth-order valence-electron chi connectivity index (χ4n) is 3.27. The molecule has 2 amide bonds. The van der Waals surface area contributed by atoms with Crippen LogP contribution in [0.1, 0.15) is 69.9 Å². The van der Waals surface area contributed by atoms with Crippen LogP contribution in [0.4, 0.5) is 0 Å². The number of benzene rings is 1. The Balaban J connectivity index is 1.56. The molecule has 2 N–H and O–H groups in total. The van der Waals surface area contributed by atoms with E-state index in [2.05, 4.69) is 10.6 Å². The van der Waals surface area contributed by atoms with Gasteiger partial charge in [0.1, 0.15) is 0 Å². The maximum absolute atomic E-state index is 11.9. The normalized spacial score (nSPS) is 15.6. The minimum atomic E-state index is -0.456. The zero-order valence-electron chi connectivity index (χ0n) is 16.0. The van der Waals surface area contributed by atoms with Crippen molar-refractivity contribution in [1.82, 2.24) is 10.6 Å². The molecule has 27 heavy (non-hydrogen) atoms. The first-order valence-corrected chi connectivity index (χ1v) is 9.84. The van der Waals surface area contributed by atoms with Gasteiger partial charge in [0.25, 0.3) is 5.91 Å². The van der Waals surface area contributed by atoms with Crippen LogP contribution in [0.5, 0.6) is 0 Å². The van der Waals surface area contributed by atoms with Gasteiger partial charge in [-0.15, -0.1) is 0 Å². The highest BCUT2D eigenvalue weighted by Gasteiger charge is 2.16. The molecule has 148 valence electrons. The Labute approximate surface area is 161 Å². The van der Waals surface area contributed by atoms with E-state index in [-0.39, 0.29) is 36.9 Å². The average Bonchev–Trinajstić information content (AvgIpc) is 2.68. The molecule has 1 aromatic rings. The van der Waals surface area contributed by atoms with E-state index in [1.807, 2.05) is 37.3 Å². The average molecular weight is 374 g/mol. The van der Waals surface area contributed by atoms with Crippen LogP contribution in [0, 0.1) is 0 Å². The van der Waals surface area contributed by atoms with E-state index in [0.29, 0.717) is 12.8 Å². The number of hydrogen-bond donors (Lipinski definition) is 2. The van der Waals surface area contributed by atoms with Gasteiger partial charge >= 0.3 is 5.97 Å². The Morgan fingerprint density at radius 1 is 1.04 bits per heavy atom. The van der Waals surface area contributed by atoms with E-state index in [1.54, 1.807) is 0 Å². The molecule has 0 saturated heterocycles. The van der Waals surface area contributed by atoms with Crippen LogP contribution in [0.3, 0.4) is 0 Å². The second-order valence-corrected chi connectivity index (χ2v) is 7.12. The fraction of sp³-hybridized carbons (Fsp3) is 0.571. The maximum Gasteiger partial charge on any atom is 0.306 e. The zero-order chi connectivity index (χ0) is 19.5. The van der Waals surface area contributed by atoms with Crippen LogP contribution in [-0.2, 0) is 19.1 Å². The van der Waals surface area contributed by atoms with Gasteiger partial charge < -0.3 is 15.4 Å². The quantitative estimate of drug-likeness (QED) is 0.651. The van der Waals surface area contributed by atoms with Crippen LogP contribution in [0.2, 0.25) is 0 Å². The van der Waals surface area contributed by atoms with E-state index in [4.69, 9.17) is 4.74 Å². The summed E-state index contributed by atoms with van der Waals surface area (Å²) in [5.41, 5.74) is 0.987. The zero-order valence-corrected chi connectivity index (χ0v) is 16.0. The summed E-state index contributed by atoms with van der Waals surface area (Å²) in [7, 11) is 0. The Bertz CT molecular complexity index is 612. The summed E-state index contributed by atoms with van der Waals surface area (Å²) < 4.78 is 4.99. The van der Waals surface area contributed by atoms with Crippen molar-refractivity contribution in [2.45, 2.75) is 70.4 Å². The highest BCUT2D eigenvalue weighted by molar-refractivity contribution is 5.81. The molecule has 6 nitrogen and oxygen atoms in total. The van der Waals surface area contributed by atoms with Crippen molar-refractivity contribution >= 4 is 17.8 Å². The smallest absolute Gasteiger partial charge is 0.306 e. The predicted molar refractivity (Wildman–Crippen MR) is 103 cm³/mol. The fourth-order valence-corrected chi connectivity index (χ4v) is 3.27. The first-order chi connectivity index (χ1) is 13.0. The number of nitrogens with one attached hydrogen (secondary N) is 2. The molecule has 1 saturated carbocycles. The van der Waals surface area contributed by atoms with Crippen LogP contribution in [0.15, 0.2) is 30.3 Å². The number of rotatable bonds is 9. The van der Waals surface area contributed by atoms with Gasteiger partial charge in [0.05, 0.1) is 6.04 Å². The van der Waals surface area contributed by atoms with Gasteiger partial charge in [-0.1, -0.05) is 49.6 Å². The molecule has 1 atom stereocenters. The van der Waals surface area contributed by atoms with Crippen molar-refractivity contribution in [2.75, 3.05) is 6.61 Å². The molecule has 6 heteroatoms. The summed E-state index contributed by atoms with van der Waals surface area (Å²) in [4.78, 5) is 35.5. The molecular weight excluding hydrogens is 344 g/mol. The first kappa shape index (κ1) is 20.9. The van der Waals surface area contributed by atoms with E-state index >= 15 is 0 Å². The summed E-state index contributed by atoms with van der Waals surface area (Å²) in [6.45, 7) is 1.57. The molecule has 0 spiro atoms. The highest BCUT2D eigenvalue weighted by atomic mass is 16.5. The number of carbonyl (C=O) groups is 3. The van der Waals surface area contributed by atoms with Crippen molar-refractivity contribution in [3.05, 3.63) is 35.9 Å². The van der Waals surface area contributed by atoms with Crippen LogP contribution < -0.4 is 10.6 Å². The van der Waals surface area contributed by atoms with Gasteiger partial charge in [0.2, 0.25) is 5.91 Å². The van der Waals surface area contributed by atoms with Crippen LogP contribution >= 0.6 is 0 Å². The minimum absolute atomic E-state index is 0.0101. The third-order valence-electron chi connectivity index (χ3n) is 4.80. The number of esters is 1. The van der Waals surface area contributed by atoms with E-state index < -0.39 is 5.97 Å². The van der Waals surface area contributed by atoms with Gasteiger partial charge in [-0.05, 0) is 31.7 Å². The Morgan fingerprint density at radius 3 is 2.44 bits per heavy atom. The SMILES string of the molecule is C[C@H](NC(=O)COC(=O)CCCC(=O)NC1CCCCC1)c1ccccc1. The molecular formula is C21H30N2O4. The van der Waals surface area contributed by atoms with Gasteiger partial charge in [0.15, 0.2) is 6.61 Å².